The standard InChI is InChI=1S/C47H54N4O5/c1-33(36-13-5-3-6-14-36)51(2)31-41-29-44(38-22-20-34(32-52)21-23-38)56-47(55-41)39-26-24-37(25-27-39)40-15-11-12-35(28-40)30-49-45(53)18-7-4-8-19-46(54)50-43-17-10-9-16-42(43)48/h3,5-6,9-17,20-28,33,41,44,47,52H,4,7-8,18-19,29-32,48H2,1-2H3,(H,49,53)(H,50,54)/t33-,41-,44+,47+/m0/s1. The van der Waals surface area contributed by atoms with E-state index in [1.807, 2.05) is 54.6 Å². The lowest BCUT2D eigenvalue weighted by Gasteiger charge is -2.39. The number of nitrogens with zero attached hydrogens (tertiary/aromatic N) is 1. The largest absolute Gasteiger partial charge is 0.397 e. The summed E-state index contributed by atoms with van der Waals surface area (Å²) < 4.78 is 13.3. The summed E-state index contributed by atoms with van der Waals surface area (Å²) in [6.07, 6.45) is 2.96. The van der Waals surface area contributed by atoms with Gasteiger partial charge in [0.05, 0.1) is 30.2 Å². The molecule has 56 heavy (non-hydrogen) atoms. The van der Waals surface area contributed by atoms with Gasteiger partial charge in [-0.3, -0.25) is 14.5 Å². The molecule has 0 aromatic heterocycles. The molecule has 0 saturated carbocycles. The molecular weight excluding hydrogens is 701 g/mol. The maximum atomic E-state index is 12.6. The van der Waals surface area contributed by atoms with E-state index in [1.54, 1.807) is 12.1 Å². The van der Waals surface area contributed by atoms with E-state index in [0.717, 1.165) is 46.3 Å². The van der Waals surface area contributed by atoms with Crippen molar-refractivity contribution in [1.29, 1.82) is 0 Å². The van der Waals surface area contributed by atoms with Crippen LogP contribution in [0.1, 0.15) is 91.7 Å². The molecule has 0 bridgehead atoms. The highest BCUT2D eigenvalue weighted by molar-refractivity contribution is 5.93. The van der Waals surface area contributed by atoms with Gasteiger partial charge in [0.1, 0.15) is 0 Å². The maximum Gasteiger partial charge on any atom is 0.224 e. The lowest BCUT2D eigenvalue weighted by Crippen LogP contribution is -2.38. The Labute approximate surface area is 330 Å². The number of hydrogen-bond acceptors (Lipinski definition) is 7. The average molecular weight is 755 g/mol. The number of unbranched alkanes of at least 4 members (excludes halogenated alkanes) is 2. The van der Waals surface area contributed by atoms with Crippen molar-refractivity contribution in [3.63, 3.8) is 0 Å². The molecule has 5 N–H and O–H groups in total. The molecule has 292 valence electrons. The molecule has 4 atom stereocenters. The molecule has 2 amide bonds. The zero-order chi connectivity index (χ0) is 39.3. The van der Waals surface area contributed by atoms with Crippen LogP contribution >= 0.6 is 0 Å². The number of hydrogen-bond donors (Lipinski definition) is 4. The first-order chi connectivity index (χ1) is 27.2. The van der Waals surface area contributed by atoms with Crippen LogP contribution in [-0.4, -0.2) is 41.5 Å². The number of anilines is 2. The van der Waals surface area contributed by atoms with Crippen molar-refractivity contribution in [1.82, 2.24) is 10.2 Å². The van der Waals surface area contributed by atoms with Crippen molar-refractivity contribution >= 4 is 23.2 Å². The monoisotopic (exact) mass is 754 g/mol. The van der Waals surface area contributed by atoms with Crippen molar-refractivity contribution in [2.75, 3.05) is 24.6 Å². The summed E-state index contributed by atoms with van der Waals surface area (Å²) in [5.74, 6) is -0.0790. The Bertz CT molecular complexity index is 2000. The number of carbonyl (C=O) groups excluding carboxylic acids is 2. The zero-order valence-corrected chi connectivity index (χ0v) is 32.4. The molecule has 0 unspecified atom stereocenters. The summed E-state index contributed by atoms with van der Waals surface area (Å²) in [5.41, 5.74) is 14.3. The van der Waals surface area contributed by atoms with Gasteiger partial charge >= 0.3 is 0 Å². The number of rotatable bonds is 17. The zero-order valence-electron chi connectivity index (χ0n) is 32.4. The maximum absolute atomic E-state index is 12.6. The van der Waals surface area contributed by atoms with E-state index in [9.17, 15) is 14.7 Å². The van der Waals surface area contributed by atoms with Crippen LogP contribution in [-0.2, 0) is 32.2 Å². The number of nitrogen functional groups attached to an aromatic ring is 1. The topological polar surface area (TPSA) is 126 Å². The minimum atomic E-state index is -0.543. The van der Waals surface area contributed by atoms with Gasteiger partial charge in [-0.25, -0.2) is 0 Å². The predicted molar refractivity (Wildman–Crippen MR) is 222 cm³/mol. The van der Waals surface area contributed by atoms with Gasteiger partial charge in [-0.2, -0.15) is 0 Å². The lowest BCUT2D eigenvalue weighted by atomic mass is 9.98. The molecule has 5 aromatic carbocycles. The molecule has 1 heterocycles. The molecule has 1 fully saturated rings. The van der Waals surface area contributed by atoms with Crippen LogP contribution in [0.15, 0.2) is 127 Å². The fourth-order valence-corrected chi connectivity index (χ4v) is 7.05. The minimum absolute atomic E-state index is 0.00316. The number of para-hydroxylation sites is 2. The normalized spacial score (nSPS) is 17.3. The third-order valence-electron chi connectivity index (χ3n) is 10.5. The van der Waals surface area contributed by atoms with Crippen molar-refractivity contribution in [2.45, 2.75) is 83.1 Å². The van der Waals surface area contributed by atoms with E-state index in [-0.39, 0.29) is 36.7 Å². The number of aliphatic hydroxyl groups is 1. The van der Waals surface area contributed by atoms with Crippen molar-refractivity contribution in [2.24, 2.45) is 0 Å². The van der Waals surface area contributed by atoms with Gasteiger partial charge < -0.3 is 30.9 Å². The van der Waals surface area contributed by atoms with Gasteiger partial charge in [0.25, 0.3) is 0 Å². The average Bonchev–Trinajstić information content (AvgIpc) is 3.23. The Morgan fingerprint density at radius 2 is 1.46 bits per heavy atom. The Morgan fingerprint density at radius 3 is 2.20 bits per heavy atom. The summed E-state index contributed by atoms with van der Waals surface area (Å²) in [6.45, 7) is 3.40. The smallest absolute Gasteiger partial charge is 0.224 e. The fourth-order valence-electron chi connectivity index (χ4n) is 7.05. The van der Waals surface area contributed by atoms with Gasteiger partial charge in [-0.1, -0.05) is 116 Å². The van der Waals surface area contributed by atoms with E-state index in [0.29, 0.717) is 50.0 Å². The highest BCUT2D eigenvalue weighted by Gasteiger charge is 2.33. The van der Waals surface area contributed by atoms with Gasteiger partial charge in [0.2, 0.25) is 11.8 Å². The molecule has 0 aliphatic carbocycles. The molecule has 9 nitrogen and oxygen atoms in total. The van der Waals surface area contributed by atoms with Gasteiger partial charge in [-0.05, 0) is 78.4 Å². The Kier molecular flexibility index (Phi) is 14.4. The number of nitrogens with two attached hydrogens (primary N) is 1. The van der Waals surface area contributed by atoms with Crippen LogP contribution in [0.25, 0.3) is 11.1 Å². The van der Waals surface area contributed by atoms with Gasteiger partial charge in [-0.15, -0.1) is 0 Å². The SMILES string of the molecule is C[C@@H](c1ccccc1)N(C)C[C@@H]1C[C@H](c2ccc(CO)cc2)O[C@H](c2ccc(-c3cccc(CNC(=O)CCCCCC(=O)Nc4ccccc4N)c3)cc2)O1. The summed E-state index contributed by atoms with van der Waals surface area (Å²) in [5, 5.41) is 15.5. The number of benzene rings is 5. The van der Waals surface area contributed by atoms with Crippen LogP contribution in [0.3, 0.4) is 0 Å². The molecule has 1 aliphatic heterocycles. The molecule has 1 aliphatic rings. The summed E-state index contributed by atoms with van der Waals surface area (Å²) in [4.78, 5) is 27.2. The summed E-state index contributed by atoms with van der Waals surface area (Å²) in [6, 6.07) is 42.4. The Balaban J connectivity index is 1.02. The summed E-state index contributed by atoms with van der Waals surface area (Å²) >= 11 is 0. The van der Waals surface area contributed by atoms with E-state index in [2.05, 4.69) is 90.2 Å². The molecule has 9 heteroatoms. The molecule has 5 aromatic rings. The highest BCUT2D eigenvalue weighted by atomic mass is 16.7. The third-order valence-corrected chi connectivity index (χ3v) is 10.5. The van der Waals surface area contributed by atoms with E-state index < -0.39 is 6.29 Å². The second-order valence-electron chi connectivity index (χ2n) is 14.7. The molecule has 0 spiro atoms. The summed E-state index contributed by atoms with van der Waals surface area (Å²) in [7, 11) is 2.14. The first-order valence-corrected chi connectivity index (χ1v) is 19.6. The number of amides is 2. The van der Waals surface area contributed by atoms with E-state index in [4.69, 9.17) is 15.2 Å². The van der Waals surface area contributed by atoms with Crippen LogP contribution in [0.5, 0.6) is 0 Å². The fraction of sp³-hybridized carbons (Fsp3) is 0.319. The van der Waals surface area contributed by atoms with E-state index >= 15 is 0 Å². The van der Waals surface area contributed by atoms with Crippen molar-refractivity contribution in [3.8, 4) is 11.1 Å². The molecule has 1 saturated heterocycles. The van der Waals surface area contributed by atoms with Gasteiger partial charge in [0.15, 0.2) is 6.29 Å². The second kappa shape index (κ2) is 20.0. The number of aliphatic hydroxyl groups excluding tert-OH is 1. The van der Waals surface area contributed by atoms with Gasteiger partial charge in [0, 0.05) is 44.0 Å². The first kappa shape index (κ1) is 40.3. The second-order valence-corrected chi connectivity index (χ2v) is 14.7. The quantitative estimate of drug-likeness (QED) is 0.0552. The number of nitrogens with one attached hydrogen (secondary N) is 2. The number of likely N-dealkylation sites (N-methyl/N-ethyl adjacent to an activating group) is 1. The lowest BCUT2D eigenvalue weighted by molar-refractivity contribution is -0.253. The third kappa shape index (κ3) is 11.4. The van der Waals surface area contributed by atoms with Crippen molar-refractivity contribution < 1.29 is 24.2 Å². The van der Waals surface area contributed by atoms with Crippen LogP contribution < -0.4 is 16.4 Å². The highest BCUT2D eigenvalue weighted by Crippen LogP contribution is 2.39. The Hall–Kier alpha value is -5.32. The molecular formula is C47H54N4O5. The van der Waals surface area contributed by atoms with Crippen LogP contribution in [0.2, 0.25) is 0 Å². The van der Waals surface area contributed by atoms with Crippen molar-refractivity contribution in [3.05, 3.63) is 155 Å². The number of ether oxygens (including phenoxy) is 2. The first-order valence-electron chi connectivity index (χ1n) is 19.6. The van der Waals surface area contributed by atoms with Crippen LogP contribution in [0.4, 0.5) is 11.4 Å². The Morgan fingerprint density at radius 1 is 0.768 bits per heavy atom. The molecule has 0 radical (unpaired) electrons. The minimum Gasteiger partial charge on any atom is -0.397 e. The van der Waals surface area contributed by atoms with Crippen LogP contribution in [0, 0.1) is 0 Å². The number of carbonyl (C=O) groups is 2. The van der Waals surface area contributed by atoms with E-state index in [1.165, 1.54) is 5.56 Å². The predicted octanol–water partition coefficient (Wildman–Crippen LogP) is 8.87. The molecule has 6 rings (SSSR count).